The number of aryl methyl sites for hydroxylation is 2. The Labute approximate surface area is 147 Å². The van der Waals surface area contributed by atoms with Crippen molar-refractivity contribution in [2.24, 2.45) is 0 Å². The molecule has 0 bridgehead atoms. The summed E-state index contributed by atoms with van der Waals surface area (Å²) in [7, 11) is 0. The van der Waals surface area contributed by atoms with E-state index in [-0.39, 0.29) is 11.8 Å². The van der Waals surface area contributed by atoms with Crippen LogP contribution in [0.1, 0.15) is 34.4 Å². The SMILES string of the molecule is Cc1cc(C(=O)CN2CCN(c3nccnc3C#N)CC2C)c(C)[nH]1. The van der Waals surface area contributed by atoms with Gasteiger partial charge in [0, 0.05) is 55.0 Å². The first-order valence-corrected chi connectivity index (χ1v) is 8.39. The van der Waals surface area contributed by atoms with Crippen LogP contribution < -0.4 is 4.90 Å². The molecule has 130 valence electrons. The van der Waals surface area contributed by atoms with E-state index in [9.17, 15) is 10.1 Å². The van der Waals surface area contributed by atoms with Crippen LogP contribution in [0.5, 0.6) is 0 Å². The lowest BCUT2D eigenvalue weighted by molar-refractivity contribution is 0.0886. The molecule has 0 amide bonds. The number of hydrogen-bond donors (Lipinski definition) is 1. The molecule has 1 unspecified atom stereocenters. The Balaban J connectivity index is 1.67. The Morgan fingerprint density at radius 3 is 2.76 bits per heavy atom. The molecule has 0 spiro atoms. The smallest absolute Gasteiger partial charge is 0.183 e. The van der Waals surface area contributed by atoms with Crippen molar-refractivity contribution in [2.75, 3.05) is 31.1 Å². The van der Waals surface area contributed by atoms with Crippen LogP contribution in [0.15, 0.2) is 18.5 Å². The first kappa shape index (κ1) is 17.1. The number of carbonyl (C=O) groups excluding carboxylic acids is 1. The highest BCUT2D eigenvalue weighted by molar-refractivity contribution is 5.98. The van der Waals surface area contributed by atoms with Gasteiger partial charge in [-0.1, -0.05) is 0 Å². The van der Waals surface area contributed by atoms with Gasteiger partial charge in [0.15, 0.2) is 17.3 Å². The first-order chi connectivity index (χ1) is 12.0. The lowest BCUT2D eigenvalue weighted by Crippen LogP contribution is -2.53. The lowest BCUT2D eigenvalue weighted by atomic mass is 10.1. The summed E-state index contributed by atoms with van der Waals surface area (Å²) in [5, 5.41) is 9.20. The van der Waals surface area contributed by atoms with Crippen molar-refractivity contribution in [1.29, 1.82) is 5.26 Å². The molecule has 0 aliphatic carbocycles. The quantitative estimate of drug-likeness (QED) is 0.853. The minimum atomic E-state index is 0.138. The Hall–Kier alpha value is -2.72. The van der Waals surface area contributed by atoms with Gasteiger partial charge in [0.1, 0.15) is 6.07 Å². The van der Waals surface area contributed by atoms with Crippen molar-refractivity contribution in [3.8, 4) is 6.07 Å². The summed E-state index contributed by atoms with van der Waals surface area (Å²) in [5.74, 6) is 0.763. The Kier molecular flexibility index (Phi) is 4.81. The number of aromatic amines is 1. The van der Waals surface area contributed by atoms with Gasteiger partial charge in [0.05, 0.1) is 6.54 Å². The average molecular weight is 338 g/mol. The topological polar surface area (TPSA) is 88.9 Å². The summed E-state index contributed by atoms with van der Waals surface area (Å²) in [5.41, 5.74) is 3.04. The predicted molar refractivity (Wildman–Crippen MR) is 94.6 cm³/mol. The van der Waals surface area contributed by atoms with E-state index >= 15 is 0 Å². The van der Waals surface area contributed by atoms with E-state index in [2.05, 4.69) is 37.7 Å². The third kappa shape index (κ3) is 3.54. The average Bonchev–Trinajstić information content (AvgIpc) is 2.95. The molecular weight excluding hydrogens is 316 g/mol. The third-order valence-electron chi connectivity index (χ3n) is 4.65. The van der Waals surface area contributed by atoms with Gasteiger partial charge in [-0.15, -0.1) is 0 Å². The number of hydrogen-bond acceptors (Lipinski definition) is 6. The number of nitriles is 1. The van der Waals surface area contributed by atoms with Gasteiger partial charge in [-0.25, -0.2) is 9.97 Å². The molecule has 1 aliphatic rings. The molecule has 2 aromatic heterocycles. The van der Waals surface area contributed by atoms with Crippen molar-refractivity contribution in [3.63, 3.8) is 0 Å². The van der Waals surface area contributed by atoms with Crippen molar-refractivity contribution in [3.05, 3.63) is 41.1 Å². The molecule has 0 radical (unpaired) electrons. The number of piperazine rings is 1. The van der Waals surface area contributed by atoms with Gasteiger partial charge in [-0.2, -0.15) is 5.26 Å². The Bertz CT molecular complexity index is 821. The summed E-state index contributed by atoms with van der Waals surface area (Å²) < 4.78 is 0. The maximum atomic E-state index is 12.6. The van der Waals surface area contributed by atoms with Crippen molar-refractivity contribution < 1.29 is 4.79 Å². The standard InChI is InChI=1S/C18H22N6O/c1-12-8-15(14(3)22-12)17(25)11-23-6-7-24(10-13(23)2)18-16(9-19)20-4-5-21-18/h4-5,8,13,22H,6-7,10-11H2,1-3H3. The number of ketones is 1. The number of H-pyrrole nitrogens is 1. The third-order valence-corrected chi connectivity index (χ3v) is 4.65. The number of aromatic nitrogens is 3. The number of rotatable bonds is 4. The van der Waals surface area contributed by atoms with Crippen molar-refractivity contribution in [1.82, 2.24) is 19.9 Å². The van der Waals surface area contributed by atoms with E-state index in [1.165, 1.54) is 6.20 Å². The summed E-state index contributed by atoms with van der Waals surface area (Å²) in [6.45, 7) is 8.56. The van der Waals surface area contributed by atoms with E-state index in [4.69, 9.17) is 0 Å². The van der Waals surface area contributed by atoms with Crippen LogP contribution in [-0.2, 0) is 0 Å². The van der Waals surface area contributed by atoms with E-state index in [0.717, 1.165) is 30.0 Å². The zero-order valence-electron chi connectivity index (χ0n) is 14.8. The van der Waals surface area contributed by atoms with E-state index in [1.54, 1.807) is 6.20 Å². The van der Waals surface area contributed by atoms with E-state index in [1.807, 2.05) is 19.9 Å². The first-order valence-electron chi connectivity index (χ1n) is 8.39. The molecular formula is C18H22N6O. The molecule has 7 nitrogen and oxygen atoms in total. The molecule has 1 N–H and O–H groups in total. The molecule has 2 aromatic rings. The fraction of sp³-hybridized carbons (Fsp3) is 0.444. The maximum absolute atomic E-state index is 12.6. The number of carbonyl (C=O) groups is 1. The normalized spacial score (nSPS) is 18.2. The number of anilines is 1. The van der Waals surface area contributed by atoms with E-state index < -0.39 is 0 Å². The van der Waals surface area contributed by atoms with Gasteiger partial charge >= 0.3 is 0 Å². The highest BCUT2D eigenvalue weighted by Gasteiger charge is 2.28. The number of nitrogens with zero attached hydrogens (tertiary/aromatic N) is 5. The van der Waals surface area contributed by atoms with Gasteiger partial charge in [0.25, 0.3) is 0 Å². The molecule has 1 aliphatic heterocycles. The summed E-state index contributed by atoms with van der Waals surface area (Å²) in [4.78, 5) is 28.4. The predicted octanol–water partition coefficient (Wildman–Crippen LogP) is 1.69. The minimum Gasteiger partial charge on any atom is -0.362 e. The van der Waals surface area contributed by atoms with Crippen LogP contribution in [0.2, 0.25) is 0 Å². The van der Waals surface area contributed by atoms with Gasteiger partial charge < -0.3 is 9.88 Å². The Morgan fingerprint density at radius 2 is 2.12 bits per heavy atom. The molecule has 0 aromatic carbocycles. The number of Topliss-reactive ketones (excluding diaryl/α,β-unsaturated/α-hetero) is 1. The second-order valence-electron chi connectivity index (χ2n) is 6.52. The lowest BCUT2D eigenvalue weighted by Gasteiger charge is -2.40. The van der Waals surface area contributed by atoms with Crippen LogP contribution in [0.25, 0.3) is 0 Å². The fourth-order valence-corrected chi connectivity index (χ4v) is 3.35. The van der Waals surface area contributed by atoms with Crippen molar-refractivity contribution >= 4 is 11.6 Å². The summed E-state index contributed by atoms with van der Waals surface area (Å²) in [6.07, 6.45) is 3.13. The van der Waals surface area contributed by atoms with Gasteiger partial charge in [0.2, 0.25) is 0 Å². The van der Waals surface area contributed by atoms with Crippen molar-refractivity contribution in [2.45, 2.75) is 26.8 Å². The summed E-state index contributed by atoms with van der Waals surface area (Å²) in [6, 6.07) is 4.20. The highest BCUT2D eigenvalue weighted by atomic mass is 16.1. The maximum Gasteiger partial charge on any atom is 0.183 e. The van der Waals surface area contributed by atoms with Crippen LogP contribution in [-0.4, -0.2) is 57.9 Å². The fourth-order valence-electron chi connectivity index (χ4n) is 3.35. The molecule has 1 fully saturated rings. The molecule has 1 atom stereocenters. The van der Waals surface area contributed by atoms with Crippen LogP contribution in [0.4, 0.5) is 5.82 Å². The molecule has 25 heavy (non-hydrogen) atoms. The zero-order valence-corrected chi connectivity index (χ0v) is 14.8. The molecule has 1 saturated heterocycles. The van der Waals surface area contributed by atoms with Crippen LogP contribution in [0.3, 0.4) is 0 Å². The van der Waals surface area contributed by atoms with Gasteiger partial charge in [-0.3, -0.25) is 9.69 Å². The number of nitrogens with one attached hydrogen (secondary N) is 1. The second-order valence-corrected chi connectivity index (χ2v) is 6.52. The molecule has 3 heterocycles. The highest BCUT2D eigenvalue weighted by Crippen LogP contribution is 2.20. The molecule has 0 saturated carbocycles. The summed E-state index contributed by atoms with van der Waals surface area (Å²) >= 11 is 0. The zero-order chi connectivity index (χ0) is 18.0. The minimum absolute atomic E-state index is 0.138. The second kappa shape index (κ2) is 7.03. The largest absolute Gasteiger partial charge is 0.362 e. The monoisotopic (exact) mass is 338 g/mol. The molecule has 3 rings (SSSR count). The van der Waals surface area contributed by atoms with E-state index in [0.29, 0.717) is 24.6 Å². The van der Waals surface area contributed by atoms with Crippen LogP contribution in [0, 0.1) is 25.2 Å². The van der Waals surface area contributed by atoms with Crippen LogP contribution >= 0.6 is 0 Å². The van der Waals surface area contributed by atoms with Gasteiger partial charge in [-0.05, 0) is 26.8 Å². The molecule has 7 heteroatoms. The Morgan fingerprint density at radius 1 is 1.36 bits per heavy atom.